The molecule has 1 saturated heterocycles. The average molecular weight is 158 g/mol. The van der Waals surface area contributed by atoms with Crippen LogP contribution in [0.5, 0.6) is 0 Å². The Labute approximate surface area is 68.7 Å². The van der Waals surface area contributed by atoms with Gasteiger partial charge in [0.15, 0.2) is 0 Å². The Kier molecular flexibility index (Phi) is 3.83. The molecule has 3 heteroatoms. The van der Waals surface area contributed by atoms with Crippen molar-refractivity contribution in [1.29, 1.82) is 0 Å². The van der Waals surface area contributed by atoms with Gasteiger partial charge in [0.2, 0.25) is 0 Å². The molecule has 0 spiro atoms. The maximum Gasteiger partial charge on any atom is 0.0594 e. The zero-order valence-electron chi connectivity index (χ0n) is 7.47. The van der Waals surface area contributed by atoms with Gasteiger partial charge in [-0.1, -0.05) is 0 Å². The van der Waals surface area contributed by atoms with Gasteiger partial charge in [-0.2, -0.15) is 0 Å². The summed E-state index contributed by atoms with van der Waals surface area (Å²) in [4.78, 5) is 2.44. The van der Waals surface area contributed by atoms with E-state index in [9.17, 15) is 0 Å². The summed E-state index contributed by atoms with van der Waals surface area (Å²) in [6.45, 7) is 7.32. The minimum Gasteiger partial charge on any atom is -0.379 e. The first-order valence-electron chi connectivity index (χ1n) is 4.30. The summed E-state index contributed by atoms with van der Waals surface area (Å²) >= 11 is 0. The number of likely N-dealkylation sites (N-methyl/N-ethyl adjacent to an activating group) is 1. The van der Waals surface area contributed by atoms with Crippen molar-refractivity contribution >= 4 is 0 Å². The molecule has 1 aliphatic rings. The fraction of sp³-hybridized carbons (Fsp3) is 1.00. The van der Waals surface area contributed by atoms with Gasteiger partial charge in [-0.15, -0.1) is 0 Å². The van der Waals surface area contributed by atoms with E-state index in [4.69, 9.17) is 4.74 Å². The van der Waals surface area contributed by atoms with Gasteiger partial charge in [-0.05, 0) is 14.0 Å². The van der Waals surface area contributed by atoms with Crippen LogP contribution in [0.3, 0.4) is 0 Å². The van der Waals surface area contributed by atoms with Crippen LogP contribution >= 0.6 is 0 Å². The molecule has 0 amide bonds. The van der Waals surface area contributed by atoms with Crippen LogP contribution in [-0.2, 0) is 4.74 Å². The largest absolute Gasteiger partial charge is 0.379 e. The average Bonchev–Trinajstić information content (AvgIpc) is 2.06. The highest BCUT2D eigenvalue weighted by atomic mass is 16.5. The van der Waals surface area contributed by atoms with Crippen molar-refractivity contribution in [3.8, 4) is 0 Å². The molecule has 0 saturated carbocycles. The Morgan fingerprint density at radius 3 is 2.64 bits per heavy atom. The molecule has 0 aromatic heterocycles. The van der Waals surface area contributed by atoms with E-state index >= 15 is 0 Å². The Morgan fingerprint density at radius 2 is 2.09 bits per heavy atom. The number of morpholine rings is 1. The van der Waals surface area contributed by atoms with Crippen molar-refractivity contribution < 1.29 is 4.74 Å². The van der Waals surface area contributed by atoms with Crippen molar-refractivity contribution in [3.63, 3.8) is 0 Å². The summed E-state index contributed by atoms with van der Waals surface area (Å²) in [6, 6.07) is 0.591. The van der Waals surface area contributed by atoms with Crippen LogP contribution in [-0.4, -0.2) is 50.8 Å². The summed E-state index contributed by atoms with van der Waals surface area (Å²) in [5, 5.41) is 3.23. The van der Waals surface area contributed by atoms with Crippen molar-refractivity contribution in [2.75, 3.05) is 39.9 Å². The molecule has 1 N–H and O–H groups in total. The van der Waals surface area contributed by atoms with Crippen molar-refractivity contribution in [2.24, 2.45) is 0 Å². The summed E-state index contributed by atoms with van der Waals surface area (Å²) in [5.41, 5.74) is 0. The van der Waals surface area contributed by atoms with Gasteiger partial charge < -0.3 is 10.1 Å². The summed E-state index contributed by atoms with van der Waals surface area (Å²) < 4.78 is 5.25. The Bertz CT molecular complexity index is 102. The Morgan fingerprint density at radius 1 is 1.45 bits per heavy atom. The molecule has 0 aromatic carbocycles. The third-order valence-electron chi connectivity index (χ3n) is 2.13. The second-order valence-electron chi connectivity index (χ2n) is 3.10. The second-order valence-corrected chi connectivity index (χ2v) is 3.10. The number of hydrogen-bond donors (Lipinski definition) is 1. The van der Waals surface area contributed by atoms with E-state index < -0.39 is 0 Å². The summed E-state index contributed by atoms with van der Waals surface area (Å²) in [6.07, 6.45) is 0. The standard InChI is InChI=1S/C8H18N2O/c1-8(9-2)7-10-3-5-11-6-4-10/h8-9H,3-7H2,1-2H3. The molecular weight excluding hydrogens is 140 g/mol. The van der Waals surface area contributed by atoms with Crippen LogP contribution < -0.4 is 5.32 Å². The number of nitrogens with zero attached hydrogens (tertiary/aromatic N) is 1. The van der Waals surface area contributed by atoms with Gasteiger partial charge in [0, 0.05) is 25.7 Å². The van der Waals surface area contributed by atoms with Crippen molar-refractivity contribution in [2.45, 2.75) is 13.0 Å². The third kappa shape index (κ3) is 3.18. The first-order chi connectivity index (χ1) is 5.33. The van der Waals surface area contributed by atoms with E-state index in [0.29, 0.717) is 6.04 Å². The molecule has 1 rings (SSSR count). The quantitative estimate of drug-likeness (QED) is 0.622. The lowest BCUT2D eigenvalue weighted by molar-refractivity contribution is 0.0347. The molecular formula is C8H18N2O. The molecule has 11 heavy (non-hydrogen) atoms. The SMILES string of the molecule is CNC(C)CN1CCOCC1. The number of hydrogen-bond acceptors (Lipinski definition) is 3. The van der Waals surface area contributed by atoms with Crippen LogP contribution in [0.25, 0.3) is 0 Å². The van der Waals surface area contributed by atoms with Gasteiger partial charge in [0.05, 0.1) is 13.2 Å². The zero-order chi connectivity index (χ0) is 8.10. The molecule has 1 unspecified atom stereocenters. The van der Waals surface area contributed by atoms with Crippen LogP contribution in [0.4, 0.5) is 0 Å². The first-order valence-corrected chi connectivity index (χ1v) is 4.30. The summed E-state index contributed by atoms with van der Waals surface area (Å²) in [7, 11) is 2.01. The van der Waals surface area contributed by atoms with Crippen LogP contribution in [0.2, 0.25) is 0 Å². The zero-order valence-corrected chi connectivity index (χ0v) is 7.47. The molecule has 0 radical (unpaired) electrons. The topological polar surface area (TPSA) is 24.5 Å². The predicted molar refractivity (Wildman–Crippen MR) is 45.8 cm³/mol. The molecule has 66 valence electrons. The molecule has 0 bridgehead atoms. The lowest BCUT2D eigenvalue weighted by atomic mass is 10.3. The van der Waals surface area contributed by atoms with E-state index in [2.05, 4.69) is 17.1 Å². The molecule has 0 aliphatic carbocycles. The molecule has 1 fully saturated rings. The highest BCUT2D eigenvalue weighted by molar-refractivity contribution is 4.67. The Balaban J connectivity index is 2.13. The van der Waals surface area contributed by atoms with Gasteiger partial charge in [-0.3, -0.25) is 4.90 Å². The molecule has 1 aliphatic heterocycles. The monoisotopic (exact) mass is 158 g/mol. The fourth-order valence-electron chi connectivity index (χ4n) is 1.26. The smallest absolute Gasteiger partial charge is 0.0594 e. The van der Waals surface area contributed by atoms with Gasteiger partial charge >= 0.3 is 0 Å². The van der Waals surface area contributed by atoms with E-state index in [-0.39, 0.29) is 0 Å². The third-order valence-corrected chi connectivity index (χ3v) is 2.13. The van der Waals surface area contributed by atoms with E-state index in [1.165, 1.54) is 0 Å². The van der Waals surface area contributed by atoms with Gasteiger partial charge in [-0.25, -0.2) is 0 Å². The predicted octanol–water partition coefficient (Wildman–Crippen LogP) is -0.0735. The Hall–Kier alpha value is -0.120. The maximum atomic E-state index is 5.25. The van der Waals surface area contributed by atoms with E-state index in [0.717, 1.165) is 32.8 Å². The highest BCUT2D eigenvalue weighted by Crippen LogP contribution is 1.97. The lowest BCUT2D eigenvalue weighted by Crippen LogP contribution is -2.43. The van der Waals surface area contributed by atoms with Crippen LogP contribution in [0.1, 0.15) is 6.92 Å². The lowest BCUT2D eigenvalue weighted by Gasteiger charge is -2.28. The van der Waals surface area contributed by atoms with E-state index in [1.807, 2.05) is 7.05 Å². The number of rotatable bonds is 3. The highest BCUT2D eigenvalue weighted by Gasteiger charge is 2.11. The number of ether oxygens (including phenoxy) is 1. The molecule has 1 atom stereocenters. The van der Waals surface area contributed by atoms with E-state index in [1.54, 1.807) is 0 Å². The molecule has 0 aromatic rings. The number of nitrogens with one attached hydrogen (secondary N) is 1. The summed E-state index contributed by atoms with van der Waals surface area (Å²) in [5.74, 6) is 0. The van der Waals surface area contributed by atoms with Crippen molar-refractivity contribution in [3.05, 3.63) is 0 Å². The van der Waals surface area contributed by atoms with Gasteiger partial charge in [0.25, 0.3) is 0 Å². The second kappa shape index (κ2) is 4.70. The van der Waals surface area contributed by atoms with Gasteiger partial charge in [0.1, 0.15) is 0 Å². The van der Waals surface area contributed by atoms with Crippen LogP contribution in [0.15, 0.2) is 0 Å². The minimum atomic E-state index is 0.591. The molecule has 3 nitrogen and oxygen atoms in total. The minimum absolute atomic E-state index is 0.591. The normalized spacial score (nSPS) is 23.5. The maximum absolute atomic E-state index is 5.25. The first kappa shape index (κ1) is 8.97. The van der Waals surface area contributed by atoms with Crippen molar-refractivity contribution in [1.82, 2.24) is 10.2 Å². The van der Waals surface area contributed by atoms with Crippen LogP contribution in [0, 0.1) is 0 Å². The molecule has 1 heterocycles. The fourth-order valence-corrected chi connectivity index (χ4v) is 1.26.